The fourth-order valence-corrected chi connectivity index (χ4v) is 4.93. The summed E-state index contributed by atoms with van der Waals surface area (Å²) in [5.74, 6) is 1.13. The molecule has 0 aliphatic carbocycles. The molecule has 1 fully saturated rings. The molecular formula is C25H28ClN5O3S. The zero-order chi connectivity index (χ0) is 24.7. The van der Waals surface area contributed by atoms with Gasteiger partial charge in [0.25, 0.3) is 0 Å². The molecule has 184 valence electrons. The Morgan fingerprint density at radius 2 is 1.77 bits per heavy atom. The summed E-state index contributed by atoms with van der Waals surface area (Å²) in [6, 6.07) is 11.9. The molecule has 3 aromatic rings. The molecule has 2 N–H and O–H groups in total. The number of sulfonamides is 1. The molecule has 8 nitrogen and oxygen atoms in total. The molecule has 1 aliphatic heterocycles. The van der Waals surface area contributed by atoms with E-state index in [1.165, 1.54) is 12.8 Å². The van der Waals surface area contributed by atoms with Crippen molar-refractivity contribution in [2.45, 2.75) is 17.7 Å². The maximum Gasteiger partial charge on any atom is 0.240 e. The Kier molecular flexibility index (Phi) is 8.35. The second-order valence-corrected chi connectivity index (χ2v) is 10.3. The zero-order valence-corrected chi connectivity index (χ0v) is 21.0. The van der Waals surface area contributed by atoms with Gasteiger partial charge in [0.05, 0.1) is 12.0 Å². The number of anilines is 2. The standard InChI is InChI=1S/C25H28ClN5O3S/c1-34-22-8-11-24(26)20(16-22)5-4-19-17-27-25(28-18-19)30-21-6-9-23(10-7-21)35(32,33)29-12-15-31-13-2-3-14-31/h4-11,16-18,29H,2-3,12-15H2,1H3,(H,27,28,30)/b5-4+. The van der Waals surface area contributed by atoms with Crippen LogP contribution in [-0.4, -0.2) is 56.6 Å². The second-order valence-electron chi connectivity index (χ2n) is 8.16. The Balaban J connectivity index is 1.33. The van der Waals surface area contributed by atoms with Crippen molar-refractivity contribution in [2.24, 2.45) is 0 Å². The Morgan fingerprint density at radius 3 is 2.46 bits per heavy atom. The predicted molar refractivity (Wildman–Crippen MR) is 140 cm³/mol. The highest BCUT2D eigenvalue weighted by molar-refractivity contribution is 7.89. The summed E-state index contributed by atoms with van der Waals surface area (Å²) < 4.78 is 33.0. The van der Waals surface area contributed by atoms with Gasteiger partial charge in [0, 0.05) is 41.8 Å². The molecule has 35 heavy (non-hydrogen) atoms. The molecule has 4 rings (SSSR count). The van der Waals surface area contributed by atoms with E-state index < -0.39 is 10.0 Å². The van der Waals surface area contributed by atoms with Gasteiger partial charge in [-0.2, -0.15) is 0 Å². The minimum atomic E-state index is -3.54. The SMILES string of the molecule is COc1ccc(Cl)c(/C=C/c2cnc(Nc3ccc(S(=O)(=O)NCCN4CCCC4)cc3)nc2)c1. The van der Waals surface area contributed by atoms with E-state index >= 15 is 0 Å². The van der Waals surface area contributed by atoms with Crippen LogP contribution in [0.2, 0.25) is 5.02 Å². The number of hydrogen-bond acceptors (Lipinski definition) is 7. The number of halogens is 1. The van der Waals surface area contributed by atoms with Crippen molar-refractivity contribution in [1.29, 1.82) is 0 Å². The molecule has 0 radical (unpaired) electrons. The van der Waals surface area contributed by atoms with Gasteiger partial charge in [0.15, 0.2) is 0 Å². The summed E-state index contributed by atoms with van der Waals surface area (Å²) in [6.07, 6.45) is 9.47. The molecule has 2 aromatic carbocycles. The van der Waals surface area contributed by atoms with Gasteiger partial charge in [-0.1, -0.05) is 23.8 Å². The van der Waals surface area contributed by atoms with Crippen LogP contribution in [0, 0.1) is 0 Å². The summed E-state index contributed by atoms with van der Waals surface area (Å²) in [5, 5.41) is 3.70. The lowest BCUT2D eigenvalue weighted by Crippen LogP contribution is -2.33. The van der Waals surface area contributed by atoms with Crippen LogP contribution < -0.4 is 14.8 Å². The molecule has 0 saturated carbocycles. The van der Waals surface area contributed by atoms with Crippen molar-refractivity contribution in [1.82, 2.24) is 19.6 Å². The fourth-order valence-electron chi connectivity index (χ4n) is 3.73. The number of benzene rings is 2. The van der Waals surface area contributed by atoms with E-state index in [2.05, 4.69) is 24.9 Å². The number of likely N-dealkylation sites (tertiary alicyclic amines) is 1. The minimum absolute atomic E-state index is 0.224. The number of nitrogens with zero attached hydrogens (tertiary/aromatic N) is 3. The van der Waals surface area contributed by atoms with Crippen LogP contribution >= 0.6 is 11.6 Å². The van der Waals surface area contributed by atoms with Crippen molar-refractivity contribution >= 4 is 45.4 Å². The molecule has 0 amide bonds. The Labute approximate surface area is 211 Å². The third-order valence-electron chi connectivity index (χ3n) is 5.67. The number of hydrogen-bond donors (Lipinski definition) is 2. The number of nitrogens with one attached hydrogen (secondary N) is 2. The van der Waals surface area contributed by atoms with Gasteiger partial charge in [-0.25, -0.2) is 23.1 Å². The second kappa shape index (κ2) is 11.6. The molecule has 0 atom stereocenters. The molecule has 2 heterocycles. The highest BCUT2D eigenvalue weighted by Gasteiger charge is 2.16. The number of aromatic nitrogens is 2. The topological polar surface area (TPSA) is 96.4 Å². The maximum atomic E-state index is 12.5. The van der Waals surface area contributed by atoms with E-state index in [-0.39, 0.29) is 4.90 Å². The molecule has 0 unspecified atom stereocenters. The van der Waals surface area contributed by atoms with Gasteiger partial charge < -0.3 is 15.0 Å². The number of methoxy groups -OCH3 is 1. The molecule has 1 aliphatic rings. The number of rotatable bonds is 10. The van der Waals surface area contributed by atoms with Crippen molar-refractivity contribution in [2.75, 3.05) is 38.6 Å². The summed E-state index contributed by atoms with van der Waals surface area (Å²) in [7, 11) is -1.94. The lowest BCUT2D eigenvalue weighted by atomic mass is 10.1. The van der Waals surface area contributed by atoms with Crippen LogP contribution in [0.3, 0.4) is 0 Å². The molecule has 0 bridgehead atoms. The largest absolute Gasteiger partial charge is 0.497 e. The van der Waals surface area contributed by atoms with Crippen LogP contribution in [-0.2, 0) is 10.0 Å². The highest BCUT2D eigenvalue weighted by atomic mass is 35.5. The smallest absolute Gasteiger partial charge is 0.240 e. The van der Waals surface area contributed by atoms with E-state index in [0.717, 1.165) is 36.5 Å². The Bertz CT molecular complexity index is 1260. The number of ether oxygens (including phenoxy) is 1. The monoisotopic (exact) mass is 513 g/mol. The van der Waals surface area contributed by atoms with Gasteiger partial charge >= 0.3 is 0 Å². The summed E-state index contributed by atoms with van der Waals surface area (Å²) in [6.45, 7) is 3.21. The van der Waals surface area contributed by atoms with Crippen LogP contribution in [0.4, 0.5) is 11.6 Å². The van der Waals surface area contributed by atoms with Crippen molar-refractivity contribution in [3.63, 3.8) is 0 Å². The summed E-state index contributed by atoms with van der Waals surface area (Å²) in [5.41, 5.74) is 2.32. The first-order valence-electron chi connectivity index (χ1n) is 11.4. The first kappa shape index (κ1) is 25.1. The van der Waals surface area contributed by atoms with Crippen molar-refractivity contribution in [3.8, 4) is 5.75 Å². The third-order valence-corrected chi connectivity index (χ3v) is 7.49. The van der Waals surface area contributed by atoms with E-state index in [1.54, 1.807) is 55.9 Å². The third kappa shape index (κ3) is 7.02. The molecule has 1 saturated heterocycles. The quantitative estimate of drug-likeness (QED) is 0.414. The van der Waals surface area contributed by atoms with E-state index in [9.17, 15) is 8.42 Å². The van der Waals surface area contributed by atoms with Gasteiger partial charge in [0.1, 0.15) is 5.75 Å². The van der Waals surface area contributed by atoms with Crippen LogP contribution in [0.5, 0.6) is 5.75 Å². The molecule has 1 aromatic heterocycles. The van der Waals surface area contributed by atoms with Crippen LogP contribution in [0.15, 0.2) is 59.8 Å². The van der Waals surface area contributed by atoms with Crippen molar-refractivity contribution in [3.05, 3.63) is 71.0 Å². The van der Waals surface area contributed by atoms with Gasteiger partial charge in [-0.3, -0.25) is 0 Å². The van der Waals surface area contributed by atoms with Crippen molar-refractivity contribution < 1.29 is 13.2 Å². The molecular weight excluding hydrogens is 486 g/mol. The molecule has 0 spiro atoms. The lowest BCUT2D eigenvalue weighted by molar-refractivity contribution is 0.344. The Hall–Kier alpha value is -2.98. The van der Waals surface area contributed by atoms with E-state index in [0.29, 0.717) is 23.2 Å². The molecule has 10 heteroatoms. The maximum absolute atomic E-state index is 12.5. The average Bonchev–Trinajstić information content (AvgIpc) is 3.38. The first-order chi connectivity index (χ1) is 16.9. The van der Waals surface area contributed by atoms with Gasteiger partial charge in [-0.15, -0.1) is 0 Å². The summed E-state index contributed by atoms with van der Waals surface area (Å²) in [4.78, 5) is 11.1. The predicted octanol–water partition coefficient (Wildman–Crippen LogP) is 4.43. The minimum Gasteiger partial charge on any atom is -0.497 e. The first-order valence-corrected chi connectivity index (χ1v) is 13.2. The van der Waals surface area contributed by atoms with E-state index in [4.69, 9.17) is 16.3 Å². The van der Waals surface area contributed by atoms with Crippen LogP contribution in [0.25, 0.3) is 12.2 Å². The van der Waals surface area contributed by atoms with Crippen LogP contribution in [0.1, 0.15) is 24.0 Å². The fraction of sp³-hybridized carbons (Fsp3) is 0.280. The zero-order valence-electron chi connectivity index (χ0n) is 19.4. The van der Waals surface area contributed by atoms with E-state index in [1.807, 2.05) is 18.2 Å². The average molecular weight is 514 g/mol. The highest BCUT2D eigenvalue weighted by Crippen LogP contribution is 2.24. The van der Waals surface area contributed by atoms with Gasteiger partial charge in [0.2, 0.25) is 16.0 Å². The summed E-state index contributed by atoms with van der Waals surface area (Å²) >= 11 is 6.23. The van der Waals surface area contributed by atoms with Gasteiger partial charge in [-0.05, 0) is 74.0 Å². The Morgan fingerprint density at radius 1 is 1.06 bits per heavy atom. The lowest BCUT2D eigenvalue weighted by Gasteiger charge is -2.15. The normalized spacial score (nSPS) is 14.5.